The summed E-state index contributed by atoms with van der Waals surface area (Å²) in [6.07, 6.45) is 3.77. The third-order valence-corrected chi connectivity index (χ3v) is 1.44. The van der Waals surface area contributed by atoms with Crippen LogP contribution in [0.5, 0.6) is 0 Å². The molecule has 1 aromatic heterocycles. The molecule has 64 valence electrons. The van der Waals surface area contributed by atoms with E-state index in [0.29, 0.717) is 13.0 Å². The Balaban J connectivity index is 2.38. The Morgan fingerprint density at radius 2 is 2.17 bits per heavy atom. The molecule has 0 aliphatic heterocycles. The number of ether oxygens (including phenoxy) is 1. The molecular weight excluding hydrogens is 154 g/mol. The SMILES string of the molecule is CCC(=O)OCc1ccncc1. The van der Waals surface area contributed by atoms with E-state index < -0.39 is 0 Å². The fraction of sp³-hybridized carbons (Fsp3) is 0.333. The molecule has 0 radical (unpaired) electrons. The number of esters is 1. The Morgan fingerprint density at radius 3 is 2.75 bits per heavy atom. The van der Waals surface area contributed by atoms with Crippen LogP contribution in [0.15, 0.2) is 24.5 Å². The molecule has 3 heteroatoms. The largest absolute Gasteiger partial charge is 0.461 e. The molecule has 1 rings (SSSR count). The fourth-order valence-electron chi connectivity index (χ4n) is 0.745. The van der Waals surface area contributed by atoms with Crippen LogP contribution in [0.4, 0.5) is 0 Å². The average molecular weight is 165 g/mol. The van der Waals surface area contributed by atoms with Crippen molar-refractivity contribution in [2.45, 2.75) is 20.0 Å². The molecule has 0 aromatic carbocycles. The Bertz CT molecular complexity index is 246. The number of hydrogen-bond donors (Lipinski definition) is 0. The van der Waals surface area contributed by atoms with Gasteiger partial charge in [-0.3, -0.25) is 9.78 Å². The van der Waals surface area contributed by atoms with Crippen molar-refractivity contribution in [3.63, 3.8) is 0 Å². The summed E-state index contributed by atoms with van der Waals surface area (Å²) in [6, 6.07) is 3.64. The maximum Gasteiger partial charge on any atom is 0.305 e. The number of hydrogen-bond acceptors (Lipinski definition) is 3. The zero-order chi connectivity index (χ0) is 8.81. The monoisotopic (exact) mass is 165 g/mol. The fourth-order valence-corrected chi connectivity index (χ4v) is 0.745. The van der Waals surface area contributed by atoms with Crippen molar-refractivity contribution in [3.05, 3.63) is 30.1 Å². The molecule has 0 fully saturated rings. The van der Waals surface area contributed by atoms with Crippen molar-refractivity contribution in [1.29, 1.82) is 0 Å². The van der Waals surface area contributed by atoms with Gasteiger partial charge in [0.05, 0.1) is 0 Å². The minimum Gasteiger partial charge on any atom is -0.461 e. The van der Waals surface area contributed by atoms with Gasteiger partial charge in [0.1, 0.15) is 6.61 Å². The van der Waals surface area contributed by atoms with Crippen LogP contribution in [-0.4, -0.2) is 11.0 Å². The van der Waals surface area contributed by atoms with Gasteiger partial charge in [-0.05, 0) is 17.7 Å². The Hall–Kier alpha value is -1.38. The predicted octanol–water partition coefficient (Wildman–Crippen LogP) is 1.53. The van der Waals surface area contributed by atoms with Gasteiger partial charge in [0.2, 0.25) is 0 Å². The topological polar surface area (TPSA) is 39.2 Å². The summed E-state index contributed by atoms with van der Waals surface area (Å²) >= 11 is 0. The first-order valence-electron chi connectivity index (χ1n) is 3.87. The number of rotatable bonds is 3. The van der Waals surface area contributed by atoms with Gasteiger partial charge in [-0.15, -0.1) is 0 Å². The van der Waals surface area contributed by atoms with Crippen molar-refractivity contribution in [2.24, 2.45) is 0 Å². The first-order valence-corrected chi connectivity index (χ1v) is 3.87. The summed E-state index contributed by atoms with van der Waals surface area (Å²) in [7, 11) is 0. The van der Waals surface area contributed by atoms with Crippen LogP contribution in [0, 0.1) is 0 Å². The van der Waals surface area contributed by atoms with Gasteiger partial charge in [-0.25, -0.2) is 0 Å². The van der Waals surface area contributed by atoms with Gasteiger partial charge in [-0.2, -0.15) is 0 Å². The van der Waals surface area contributed by atoms with E-state index in [9.17, 15) is 4.79 Å². The van der Waals surface area contributed by atoms with Crippen molar-refractivity contribution in [1.82, 2.24) is 4.98 Å². The quantitative estimate of drug-likeness (QED) is 0.637. The van der Waals surface area contributed by atoms with Gasteiger partial charge in [-0.1, -0.05) is 6.92 Å². The van der Waals surface area contributed by atoms with Crippen molar-refractivity contribution in [3.8, 4) is 0 Å². The van der Waals surface area contributed by atoms with Crippen molar-refractivity contribution >= 4 is 5.97 Å². The lowest BCUT2D eigenvalue weighted by Crippen LogP contribution is -2.02. The standard InChI is InChI=1S/C9H11NO2/c1-2-9(11)12-7-8-3-5-10-6-4-8/h3-6H,2,7H2,1H3. The second-order valence-electron chi connectivity index (χ2n) is 2.37. The van der Waals surface area contributed by atoms with Gasteiger partial charge < -0.3 is 4.74 Å². The van der Waals surface area contributed by atoms with E-state index >= 15 is 0 Å². The summed E-state index contributed by atoms with van der Waals surface area (Å²) in [6.45, 7) is 2.12. The van der Waals surface area contributed by atoms with E-state index in [-0.39, 0.29) is 5.97 Å². The second kappa shape index (κ2) is 4.49. The van der Waals surface area contributed by atoms with Crippen LogP contribution in [0.3, 0.4) is 0 Å². The van der Waals surface area contributed by atoms with Crippen molar-refractivity contribution in [2.75, 3.05) is 0 Å². The lowest BCUT2D eigenvalue weighted by molar-refractivity contribution is -0.144. The van der Waals surface area contributed by atoms with Crippen LogP contribution in [-0.2, 0) is 16.1 Å². The molecule has 0 spiro atoms. The Labute approximate surface area is 71.4 Å². The van der Waals surface area contributed by atoms with Crippen LogP contribution < -0.4 is 0 Å². The van der Waals surface area contributed by atoms with Gasteiger partial charge >= 0.3 is 5.97 Å². The normalized spacial score (nSPS) is 9.42. The lowest BCUT2D eigenvalue weighted by atomic mass is 10.3. The van der Waals surface area contributed by atoms with E-state index in [0.717, 1.165) is 5.56 Å². The zero-order valence-electron chi connectivity index (χ0n) is 6.99. The molecule has 1 aromatic rings. The summed E-state index contributed by atoms with van der Waals surface area (Å²) in [5.74, 6) is -0.174. The number of nitrogens with zero attached hydrogens (tertiary/aromatic N) is 1. The molecule has 0 saturated carbocycles. The third-order valence-electron chi connectivity index (χ3n) is 1.44. The summed E-state index contributed by atoms with van der Waals surface area (Å²) in [5.41, 5.74) is 0.965. The second-order valence-corrected chi connectivity index (χ2v) is 2.37. The van der Waals surface area contributed by atoms with E-state index in [1.54, 1.807) is 19.3 Å². The molecule has 0 atom stereocenters. The highest BCUT2D eigenvalue weighted by Gasteiger charge is 1.97. The highest BCUT2D eigenvalue weighted by atomic mass is 16.5. The molecule has 0 amide bonds. The number of pyridine rings is 1. The highest BCUT2D eigenvalue weighted by Crippen LogP contribution is 1.99. The minimum atomic E-state index is -0.174. The zero-order valence-corrected chi connectivity index (χ0v) is 6.99. The average Bonchev–Trinajstić information content (AvgIpc) is 2.16. The van der Waals surface area contributed by atoms with Crippen LogP contribution in [0.2, 0.25) is 0 Å². The predicted molar refractivity (Wildman–Crippen MR) is 44.3 cm³/mol. The van der Waals surface area contributed by atoms with Gasteiger partial charge in [0.25, 0.3) is 0 Å². The molecule has 0 unspecified atom stereocenters. The lowest BCUT2D eigenvalue weighted by Gasteiger charge is -2.01. The van der Waals surface area contributed by atoms with Gasteiger partial charge in [0, 0.05) is 18.8 Å². The van der Waals surface area contributed by atoms with Crippen LogP contribution >= 0.6 is 0 Å². The first-order chi connectivity index (χ1) is 5.83. The first kappa shape index (κ1) is 8.71. The molecule has 12 heavy (non-hydrogen) atoms. The Morgan fingerprint density at radius 1 is 1.50 bits per heavy atom. The van der Waals surface area contributed by atoms with Crippen LogP contribution in [0.1, 0.15) is 18.9 Å². The molecule has 1 heterocycles. The van der Waals surface area contributed by atoms with Gasteiger partial charge in [0.15, 0.2) is 0 Å². The maximum atomic E-state index is 10.7. The molecule has 0 aliphatic rings. The minimum absolute atomic E-state index is 0.174. The molecule has 0 bridgehead atoms. The molecule has 0 aliphatic carbocycles. The maximum absolute atomic E-state index is 10.7. The van der Waals surface area contributed by atoms with Crippen molar-refractivity contribution < 1.29 is 9.53 Å². The number of carbonyl (C=O) groups is 1. The van der Waals surface area contributed by atoms with Crippen LogP contribution in [0.25, 0.3) is 0 Å². The summed E-state index contributed by atoms with van der Waals surface area (Å²) in [4.78, 5) is 14.6. The van der Waals surface area contributed by atoms with E-state index in [2.05, 4.69) is 4.98 Å². The number of aromatic nitrogens is 1. The molecule has 0 saturated heterocycles. The number of carbonyl (C=O) groups excluding carboxylic acids is 1. The highest BCUT2D eigenvalue weighted by molar-refractivity contribution is 5.68. The van der Waals surface area contributed by atoms with E-state index in [1.165, 1.54) is 0 Å². The molecule has 3 nitrogen and oxygen atoms in total. The Kier molecular flexibility index (Phi) is 3.26. The van der Waals surface area contributed by atoms with E-state index in [1.807, 2.05) is 12.1 Å². The third kappa shape index (κ3) is 2.70. The smallest absolute Gasteiger partial charge is 0.305 e. The molecular formula is C9H11NO2. The van der Waals surface area contributed by atoms with E-state index in [4.69, 9.17) is 4.74 Å². The summed E-state index contributed by atoms with van der Waals surface area (Å²) in [5, 5.41) is 0. The summed E-state index contributed by atoms with van der Waals surface area (Å²) < 4.78 is 4.91. The molecule has 0 N–H and O–H groups in total.